The number of imidazole rings is 1. The first kappa shape index (κ1) is 16.9. The van der Waals surface area contributed by atoms with E-state index in [1.807, 2.05) is 0 Å². The third-order valence-corrected chi connectivity index (χ3v) is 6.58. The van der Waals surface area contributed by atoms with Crippen molar-refractivity contribution in [1.82, 2.24) is 19.2 Å². The van der Waals surface area contributed by atoms with E-state index in [1.165, 1.54) is 30.1 Å². The Morgan fingerprint density at radius 1 is 1.26 bits per heavy atom. The smallest absolute Gasteiger partial charge is 0.211 e. The number of aromatic nitrogens is 2. The van der Waals surface area contributed by atoms with Crippen LogP contribution in [0.2, 0.25) is 0 Å². The van der Waals surface area contributed by atoms with Crippen molar-refractivity contribution in [3.63, 3.8) is 0 Å². The Morgan fingerprint density at radius 2 is 2.04 bits per heavy atom. The predicted octanol–water partition coefficient (Wildman–Crippen LogP) is 1.38. The molecule has 23 heavy (non-hydrogen) atoms. The normalized spacial score (nSPS) is 22.4. The Hall–Kier alpha value is -0.920. The summed E-state index contributed by atoms with van der Waals surface area (Å²) in [5.41, 5.74) is 2.69. The van der Waals surface area contributed by atoms with Crippen molar-refractivity contribution in [2.24, 2.45) is 7.05 Å². The third-order valence-electron chi connectivity index (χ3n) is 5.17. The molecule has 1 atom stereocenters. The maximum Gasteiger partial charge on any atom is 0.211 e. The van der Waals surface area contributed by atoms with Gasteiger partial charge in [-0.25, -0.2) is 18.1 Å². The van der Waals surface area contributed by atoms with E-state index in [9.17, 15) is 8.42 Å². The van der Waals surface area contributed by atoms with Crippen LogP contribution in [0.1, 0.15) is 55.9 Å². The van der Waals surface area contributed by atoms with Gasteiger partial charge in [0.2, 0.25) is 10.0 Å². The van der Waals surface area contributed by atoms with E-state index in [1.54, 1.807) is 6.92 Å². The molecule has 1 aliphatic carbocycles. The monoisotopic (exact) mass is 340 g/mol. The maximum absolute atomic E-state index is 11.6. The molecular formula is C16H28N4O2S. The fourth-order valence-electron chi connectivity index (χ4n) is 3.84. The quantitative estimate of drug-likeness (QED) is 0.849. The van der Waals surface area contributed by atoms with Gasteiger partial charge in [0.1, 0.15) is 5.82 Å². The highest BCUT2D eigenvalue weighted by atomic mass is 32.2. The SMILES string of the molecule is CCS(=O)(=O)NCCN1CCCC1c1nc2c(n1C)CCCC2. The number of sulfonamides is 1. The summed E-state index contributed by atoms with van der Waals surface area (Å²) in [5.74, 6) is 1.32. The van der Waals surface area contributed by atoms with Gasteiger partial charge in [-0.05, 0) is 52.0 Å². The first-order valence-electron chi connectivity index (χ1n) is 8.77. The summed E-state index contributed by atoms with van der Waals surface area (Å²) in [7, 11) is -0.960. The lowest BCUT2D eigenvalue weighted by molar-refractivity contribution is 0.249. The lowest BCUT2D eigenvalue weighted by atomic mass is 10.0. The van der Waals surface area contributed by atoms with Crippen LogP contribution in [0, 0.1) is 0 Å². The van der Waals surface area contributed by atoms with Crippen LogP contribution in [0.4, 0.5) is 0 Å². The zero-order valence-electron chi connectivity index (χ0n) is 14.2. The van der Waals surface area contributed by atoms with Crippen molar-refractivity contribution in [3.05, 3.63) is 17.2 Å². The first-order valence-corrected chi connectivity index (χ1v) is 10.4. The number of aryl methyl sites for hydroxylation is 1. The molecule has 0 amide bonds. The molecule has 1 fully saturated rings. The Balaban J connectivity index is 1.68. The Morgan fingerprint density at radius 3 is 2.78 bits per heavy atom. The highest BCUT2D eigenvalue weighted by Gasteiger charge is 2.31. The van der Waals surface area contributed by atoms with Gasteiger partial charge in [0.05, 0.1) is 17.5 Å². The van der Waals surface area contributed by atoms with Gasteiger partial charge >= 0.3 is 0 Å². The van der Waals surface area contributed by atoms with E-state index in [4.69, 9.17) is 4.98 Å². The van der Waals surface area contributed by atoms with Gasteiger partial charge in [-0.1, -0.05) is 0 Å². The number of rotatable bonds is 6. The second kappa shape index (κ2) is 6.91. The fraction of sp³-hybridized carbons (Fsp3) is 0.812. The first-order chi connectivity index (χ1) is 11.0. The molecule has 130 valence electrons. The molecular weight excluding hydrogens is 312 g/mol. The molecule has 0 radical (unpaired) electrons. The van der Waals surface area contributed by atoms with Crippen molar-refractivity contribution < 1.29 is 8.42 Å². The van der Waals surface area contributed by atoms with Crippen LogP contribution in [0.25, 0.3) is 0 Å². The van der Waals surface area contributed by atoms with Crippen molar-refractivity contribution in [3.8, 4) is 0 Å². The van der Waals surface area contributed by atoms with Gasteiger partial charge in [-0.3, -0.25) is 4.90 Å². The second-order valence-electron chi connectivity index (χ2n) is 6.62. The van der Waals surface area contributed by atoms with Crippen LogP contribution in [-0.2, 0) is 29.9 Å². The van der Waals surface area contributed by atoms with Crippen LogP contribution in [0.3, 0.4) is 0 Å². The summed E-state index contributed by atoms with van der Waals surface area (Å²) >= 11 is 0. The van der Waals surface area contributed by atoms with Gasteiger partial charge in [-0.2, -0.15) is 0 Å². The Bertz CT molecular complexity index is 653. The van der Waals surface area contributed by atoms with Crippen LogP contribution < -0.4 is 4.72 Å². The molecule has 2 aliphatic rings. The van der Waals surface area contributed by atoms with E-state index in [-0.39, 0.29) is 5.75 Å². The highest BCUT2D eigenvalue weighted by Crippen LogP contribution is 2.33. The number of hydrogen-bond donors (Lipinski definition) is 1. The molecule has 1 aliphatic heterocycles. The van der Waals surface area contributed by atoms with Gasteiger partial charge < -0.3 is 4.57 Å². The standard InChI is InChI=1S/C16H28N4O2S/c1-3-23(21,22)17-10-12-20-11-6-9-15(20)16-18-13-7-4-5-8-14(13)19(16)2/h15,17H,3-12H2,1-2H3. The molecule has 0 aromatic carbocycles. The molecule has 1 aromatic rings. The summed E-state index contributed by atoms with van der Waals surface area (Å²) < 4.78 is 28.1. The molecule has 2 heterocycles. The van der Waals surface area contributed by atoms with Crippen molar-refractivity contribution in [1.29, 1.82) is 0 Å². The summed E-state index contributed by atoms with van der Waals surface area (Å²) in [6.45, 7) is 3.92. The van der Waals surface area contributed by atoms with Crippen molar-refractivity contribution in [2.75, 3.05) is 25.4 Å². The Kier molecular flexibility index (Phi) is 5.08. The average Bonchev–Trinajstić information content (AvgIpc) is 3.12. The third kappa shape index (κ3) is 3.61. The molecule has 7 heteroatoms. The van der Waals surface area contributed by atoms with E-state index in [2.05, 4.69) is 21.2 Å². The van der Waals surface area contributed by atoms with Gasteiger partial charge in [0, 0.05) is 25.8 Å². The van der Waals surface area contributed by atoms with Crippen LogP contribution >= 0.6 is 0 Å². The molecule has 0 saturated carbocycles. The van der Waals surface area contributed by atoms with Crippen LogP contribution in [0.5, 0.6) is 0 Å². The lowest BCUT2D eigenvalue weighted by Crippen LogP contribution is -2.36. The van der Waals surface area contributed by atoms with E-state index < -0.39 is 10.0 Å². The number of hydrogen-bond acceptors (Lipinski definition) is 4. The zero-order valence-corrected chi connectivity index (χ0v) is 15.0. The van der Waals surface area contributed by atoms with Crippen molar-refractivity contribution >= 4 is 10.0 Å². The average molecular weight is 340 g/mol. The topological polar surface area (TPSA) is 67.2 Å². The molecule has 3 rings (SSSR count). The molecule has 1 aromatic heterocycles. The lowest BCUT2D eigenvalue weighted by Gasteiger charge is -2.24. The van der Waals surface area contributed by atoms with Crippen molar-refractivity contribution in [2.45, 2.75) is 51.5 Å². The zero-order chi connectivity index (χ0) is 16.4. The molecule has 6 nitrogen and oxygen atoms in total. The summed E-state index contributed by atoms with van der Waals surface area (Å²) in [4.78, 5) is 7.32. The number of nitrogens with one attached hydrogen (secondary N) is 1. The van der Waals surface area contributed by atoms with Crippen LogP contribution in [0.15, 0.2) is 0 Å². The Labute approximate surface area is 139 Å². The number of likely N-dealkylation sites (tertiary alicyclic amines) is 1. The van der Waals surface area contributed by atoms with E-state index in [0.29, 0.717) is 12.6 Å². The number of nitrogens with zero attached hydrogens (tertiary/aromatic N) is 3. The highest BCUT2D eigenvalue weighted by molar-refractivity contribution is 7.89. The molecule has 1 unspecified atom stereocenters. The molecule has 1 saturated heterocycles. The van der Waals surface area contributed by atoms with Gasteiger partial charge in [-0.15, -0.1) is 0 Å². The number of fused-ring (bicyclic) bond motifs is 1. The molecule has 1 N–H and O–H groups in total. The van der Waals surface area contributed by atoms with Gasteiger partial charge in [0.25, 0.3) is 0 Å². The fourth-order valence-corrected chi connectivity index (χ4v) is 4.44. The van der Waals surface area contributed by atoms with E-state index in [0.717, 1.165) is 38.8 Å². The minimum atomic E-state index is -3.10. The molecule has 0 bridgehead atoms. The summed E-state index contributed by atoms with van der Waals surface area (Å²) in [6.07, 6.45) is 7.02. The minimum absolute atomic E-state index is 0.141. The van der Waals surface area contributed by atoms with Gasteiger partial charge in [0.15, 0.2) is 0 Å². The predicted molar refractivity (Wildman–Crippen MR) is 90.9 cm³/mol. The summed E-state index contributed by atoms with van der Waals surface area (Å²) in [6, 6.07) is 0.330. The maximum atomic E-state index is 11.6. The molecule has 0 spiro atoms. The van der Waals surface area contributed by atoms with E-state index >= 15 is 0 Å². The second-order valence-corrected chi connectivity index (χ2v) is 8.72. The van der Waals surface area contributed by atoms with Crippen LogP contribution in [-0.4, -0.2) is 48.3 Å². The largest absolute Gasteiger partial charge is 0.334 e. The minimum Gasteiger partial charge on any atom is -0.334 e. The summed E-state index contributed by atoms with van der Waals surface area (Å²) in [5, 5.41) is 0.